The van der Waals surface area contributed by atoms with E-state index >= 15 is 0 Å². The van der Waals surface area contributed by atoms with Crippen LogP contribution in [-0.4, -0.2) is 29.6 Å². The molecule has 6 atom stereocenters. The summed E-state index contributed by atoms with van der Waals surface area (Å²) < 4.78 is 19.4. The molecule has 0 amide bonds. The van der Waals surface area contributed by atoms with Gasteiger partial charge in [-0.3, -0.25) is 0 Å². The van der Waals surface area contributed by atoms with Crippen molar-refractivity contribution < 1.29 is 14.2 Å². The van der Waals surface area contributed by atoms with E-state index in [0.717, 1.165) is 24.2 Å². The highest BCUT2D eigenvalue weighted by Gasteiger charge is 2.42. The Labute approximate surface area is 200 Å². The minimum absolute atomic E-state index is 0.178. The topological polar surface area (TPSA) is 27.7 Å². The molecule has 0 aromatic heterocycles. The SMILES string of the molecule is COc1ccc(C([Si])(OC2CC(C)CCC2C(C)C)OC2CC(C)CCC2C(C)C)cc1. The molecule has 0 spiro atoms. The van der Waals surface area contributed by atoms with Crippen LogP contribution >= 0.6 is 0 Å². The summed E-state index contributed by atoms with van der Waals surface area (Å²) in [5, 5.41) is 0. The van der Waals surface area contributed by atoms with E-state index in [9.17, 15) is 0 Å². The van der Waals surface area contributed by atoms with Crippen molar-refractivity contribution in [3.63, 3.8) is 0 Å². The largest absolute Gasteiger partial charge is 0.497 e. The molecule has 0 N–H and O–H groups in total. The van der Waals surface area contributed by atoms with E-state index in [2.05, 4.69) is 63.9 Å². The summed E-state index contributed by atoms with van der Waals surface area (Å²) in [5.41, 5.74) is 0.0622. The Morgan fingerprint density at radius 1 is 0.781 bits per heavy atom. The van der Waals surface area contributed by atoms with Gasteiger partial charge in [0.15, 0.2) is 5.41 Å². The molecule has 2 saturated carbocycles. The Balaban J connectivity index is 1.93. The third-order valence-corrected chi connectivity index (χ3v) is 8.55. The molecule has 4 heteroatoms. The normalized spacial score (nSPS) is 33.3. The lowest BCUT2D eigenvalue weighted by Gasteiger charge is -2.46. The second-order valence-corrected chi connectivity index (χ2v) is 12.0. The fraction of sp³-hybridized carbons (Fsp3) is 0.786. The van der Waals surface area contributed by atoms with E-state index in [0.29, 0.717) is 35.5 Å². The number of rotatable bonds is 8. The first-order chi connectivity index (χ1) is 15.1. The van der Waals surface area contributed by atoms with Crippen molar-refractivity contribution in [3.8, 4) is 5.75 Å². The van der Waals surface area contributed by atoms with Crippen LogP contribution in [0, 0.1) is 35.5 Å². The van der Waals surface area contributed by atoms with Gasteiger partial charge in [0.1, 0.15) is 16.0 Å². The number of hydrogen-bond donors (Lipinski definition) is 0. The summed E-state index contributed by atoms with van der Waals surface area (Å²) >= 11 is 0. The van der Waals surface area contributed by atoms with E-state index in [-0.39, 0.29) is 12.2 Å². The highest BCUT2D eigenvalue weighted by atomic mass is 28.1. The Morgan fingerprint density at radius 3 is 1.59 bits per heavy atom. The predicted molar refractivity (Wildman–Crippen MR) is 133 cm³/mol. The number of benzene rings is 1. The lowest BCUT2D eigenvalue weighted by atomic mass is 9.75. The van der Waals surface area contributed by atoms with Crippen molar-refractivity contribution >= 4 is 10.2 Å². The van der Waals surface area contributed by atoms with Crippen molar-refractivity contribution in [2.24, 2.45) is 35.5 Å². The molecule has 2 fully saturated rings. The van der Waals surface area contributed by atoms with E-state index in [1.165, 1.54) is 25.7 Å². The highest BCUT2D eigenvalue weighted by Crippen LogP contribution is 2.43. The maximum atomic E-state index is 7.00. The standard InChI is InChI=1S/C28H45O3Si/c1-18(2)24-14-8-20(5)16-26(24)30-28(32,22-10-12-23(29-7)13-11-22)31-27-17-21(6)9-15-25(27)19(3)4/h10-13,18-21,24-27H,8-9,14-17H2,1-7H3. The van der Waals surface area contributed by atoms with Gasteiger partial charge in [0.05, 0.1) is 19.3 Å². The highest BCUT2D eigenvalue weighted by molar-refractivity contribution is 6.13. The Bertz CT molecular complexity index is 667. The molecule has 0 saturated heterocycles. The molecule has 2 aliphatic rings. The van der Waals surface area contributed by atoms with Crippen molar-refractivity contribution in [2.45, 2.75) is 97.7 Å². The van der Waals surface area contributed by atoms with Gasteiger partial charge in [-0.25, -0.2) is 0 Å². The third-order valence-electron chi connectivity index (χ3n) is 8.03. The Morgan fingerprint density at radius 2 is 1.22 bits per heavy atom. The molecule has 0 bridgehead atoms. The van der Waals surface area contributed by atoms with Gasteiger partial charge < -0.3 is 14.2 Å². The lowest BCUT2D eigenvalue weighted by molar-refractivity contribution is -0.266. The van der Waals surface area contributed by atoms with Crippen LogP contribution < -0.4 is 4.74 Å². The van der Waals surface area contributed by atoms with E-state index in [1.807, 2.05) is 12.1 Å². The fourth-order valence-corrected chi connectivity index (χ4v) is 6.37. The van der Waals surface area contributed by atoms with Gasteiger partial charge in [0.25, 0.3) is 0 Å². The smallest absolute Gasteiger partial charge is 0.169 e. The van der Waals surface area contributed by atoms with Crippen molar-refractivity contribution in [1.82, 2.24) is 0 Å². The second-order valence-electron chi connectivity index (χ2n) is 11.3. The molecule has 3 rings (SSSR count). The number of hydrogen-bond acceptors (Lipinski definition) is 3. The number of ether oxygens (including phenoxy) is 3. The minimum atomic E-state index is -0.948. The summed E-state index contributed by atoms with van der Waals surface area (Å²) in [6, 6.07) is 8.17. The maximum absolute atomic E-state index is 7.00. The van der Waals surface area contributed by atoms with Crippen molar-refractivity contribution in [3.05, 3.63) is 29.8 Å². The van der Waals surface area contributed by atoms with Crippen LogP contribution in [0.1, 0.15) is 85.6 Å². The van der Waals surface area contributed by atoms with Crippen LogP contribution in [-0.2, 0) is 14.9 Å². The van der Waals surface area contributed by atoms with Gasteiger partial charge in [0.2, 0.25) is 0 Å². The molecular formula is C28H45O3Si. The first-order valence-corrected chi connectivity index (χ1v) is 13.4. The molecule has 3 nitrogen and oxygen atoms in total. The van der Waals surface area contributed by atoms with E-state index in [4.69, 9.17) is 14.2 Å². The maximum Gasteiger partial charge on any atom is 0.169 e. The molecule has 1 aromatic carbocycles. The average molecular weight is 458 g/mol. The molecular weight excluding hydrogens is 412 g/mol. The molecule has 6 unspecified atom stereocenters. The monoisotopic (exact) mass is 457 g/mol. The van der Waals surface area contributed by atoms with E-state index < -0.39 is 5.41 Å². The molecule has 179 valence electrons. The summed E-state index contributed by atoms with van der Waals surface area (Å²) in [7, 11) is 5.79. The van der Waals surface area contributed by atoms with Crippen LogP contribution in [0.2, 0.25) is 0 Å². The zero-order chi connectivity index (χ0) is 23.5. The van der Waals surface area contributed by atoms with Crippen LogP contribution in [0.4, 0.5) is 0 Å². The van der Waals surface area contributed by atoms with Crippen LogP contribution in [0.3, 0.4) is 0 Å². The molecule has 0 aliphatic heterocycles. The minimum Gasteiger partial charge on any atom is -0.497 e. The summed E-state index contributed by atoms with van der Waals surface area (Å²) in [5.74, 6) is 4.50. The first-order valence-electron chi connectivity index (χ1n) is 12.9. The van der Waals surface area contributed by atoms with Crippen LogP contribution in [0.25, 0.3) is 0 Å². The van der Waals surface area contributed by atoms with Crippen molar-refractivity contribution in [1.29, 1.82) is 0 Å². The zero-order valence-corrected chi connectivity index (χ0v) is 22.4. The van der Waals surface area contributed by atoms with Crippen molar-refractivity contribution in [2.75, 3.05) is 7.11 Å². The molecule has 0 heterocycles. The van der Waals surface area contributed by atoms with Crippen LogP contribution in [0.5, 0.6) is 5.75 Å². The van der Waals surface area contributed by atoms with Gasteiger partial charge in [0, 0.05) is 5.56 Å². The first kappa shape index (κ1) is 25.8. The van der Waals surface area contributed by atoms with Gasteiger partial charge in [-0.1, -0.05) is 66.5 Å². The fourth-order valence-electron chi connectivity index (χ4n) is 5.90. The molecule has 3 radical (unpaired) electrons. The summed E-state index contributed by atoms with van der Waals surface area (Å²) in [6.45, 7) is 14.0. The Hall–Kier alpha value is -0.843. The predicted octanol–water partition coefficient (Wildman–Crippen LogP) is 6.93. The van der Waals surface area contributed by atoms with Gasteiger partial charge in [-0.2, -0.15) is 0 Å². The summed E-state index contributed by atoms with van der Waals surface area (Å²) in [4.78, 5) is 0. The average Bonchev–Trinajstić information content (AvgIpc) is 2.73. The third kappa shape index (κ3) is 6.18. The van der Waals surface area contributed by atoms with Gasteiger partial charge in [-0.15, -0.1) is 0 Å². The molecule has 2 aliphatic carbocycles. The van der Waals surface area contributed by atoms with Crippen LogP contribution in [0.15, 0.2) is 24.3 Å². The van der Waals surface area contributed by atoms with E-state index in [1.54, 1.807) is 7.11 Å². The Kier molecular flexibility index (Phi) is 8.90. The molecule has 1 aromatic rings. The zero-order valence-electron chi connectivity index (χ0n) is 21.4. The quantitative estimate of drug-likeness (QED) is 0.313. The second kappa shape index (κ2) is 11.1. The van der Waals surface area contributed by atoms with Gasteiger partial charge in [-0.05, 0) is 73.3 Å². The number of methoxy groups -OCH3 is 1. The summed E-state index contributed by atoms with van der Waals surface area (Å²) in [6.07, 6.45) is 7.56. The molecule has 32 heavy (non-hydrogen) atoms. The van der Waals surface area contributed by atoms with Gasteiger partial charge >= 0.3 is 0 Å². The lowest BCUT2D eigenvalue weighted by Crippen LogP contribution is -2.48.